The maximum absolute atomic E-state index is 13.7. The lowest BCUT2D eigenvalue weighted by atomic mass is 10.2. The minimum atomic E-state index is -0.340. The normalized spacial score (nSPS) is 12.1. The number of benzene rings is 1. The van der Waals surface area contributed by atoms with Crippen molar-refractivity contribution in [1.29, 1.82) is 0 Å². The molecule has 0 aliphatic carbocycles. The highest BCUT2D eigenvalue weighted by Gasteiger charge is 2.16. The second-order valence-electron chi connectivity index (χ2n) is 5.38. The number of carbonyl (C=O) groups excluding carboxylic acids is 1. The summed E-state index contributed by atoms with van der Waals surface area (Å²) < 4.78 is 15.1. The quantitative estimate of drug-likeness (QED) is 0.772. The smallest absolute Gasteiger partial charge is 0.273 e. The SMILES string of the molecule is Cc1nc(C(C)NC(=O)c2cn(Cc3ccccc3F)nn2)cs1. The number of aryl methyl sites for hydroxylation is 1. The zero-order chi connectivity index (χ0) is 17.1. The van der Waals surface area contributed by atoms with E-state index in [1.54, 1.807) is 18.2 Å². The van der Waals surface area contributed by atoms with E-state index in [-0.39, 0.29) is 30.0 Å². The van der Waals surface area contributed by atoms with Gasteiger partial charge in [0, 0.05) is 10.9 Å². The zero-order valence-corrected chi connectivity index (χ0v) is 14.0. The van der Waals surface area contributed by atoms with Crippen LogP contribution in [-0.2, 0) is 6.54 Å². The molecule has 0 bridgehead atoms. The molecule has 3 rings (SSSR count). The van der Waals surface area contributed by atoms with Crippen molar-refractivity contribution in [3.8, 4) is 0 Å². The predicted octanol–water partition coefficient (Wildman–Crippen LogP) is 2.72. The van der Waals surface area contributed by atoms with Crippen LogP contribution in [0.2, 0.25) is 0 Å². The Morgan fingerprint density at radius 2 is 2.21 bits per heavy atom. The van der Waals surface area contributed by atoms with Gasteiger partial charge < -0.3 is 5.32 Å². The molecule has 0 saturated carbocycles. The van der Waals surface area contributed by atoms with Gasteiger partial charge in [-0.1, -0.05) is 23.4 Å². The van der Waals surface area contributed by atoms with E-state index in [0.29, 0.717) is 5.56 Å². The monoisotopic (exact) mass is 345 g/mol. The lowest BCUT2D eigenvalue weighted by molar-refractivity contribution is 0.0934. The van der Waals surface area contributed by atoms with Crippen LogP contribution in [-0.4, -0.2) is 25.9 Å². The molecule has 1 amide bonds. The Balaban J connectivity index is 1.66. The third-order valence-electron chi connectivity index (χ3n) is 3.49. The molecular formula is C16H16FN5OS. The summed E-state index contributed by atoms with van der Waals surface area (Å²) in [7, 11) is 0. The first-order valence-corrected chi connectivity index (χ1v) is 8.27. The van der Waals surface area contributed by atoms with Gasteiger partial charge in [-0.05, 0) is 19.9 Å². The fraction of sp³-hybridized carbons (Fsp3) is 0.250. The number of amides is 1. The van der Waals surface area contributed by atoms with Crippen LogP contribution in [0, 0.1) is 12.7 Å². The van der Waals surface area contributed by atoms with Crippen LogP contribution in [0.15, 0.2) is 35.8 Å². The van der Waals surface area contributed by atoms with Crippen LogP contribution in [0.5, 0.6) is 0 Å². The number of nitrogens with zero attached hydrogens (tertiary/aromatic N) is 4. The molecule has 24 heavy (non-hydrogen) atoms. The summed E-state index contributed by atoms with van der Waals surface area (Å²) in [5.74, 6) is -0.653. The fourth-order valence-electron chi connectivity index (χ4n) is 2.20. The summed E-state index contributed by atoms with van der Waals surface area (Å²) in [6.07, 6.45) is 1.50. The first-order valence-electron chi connectivity index (χ1n) is 7.39. The van der Waals surface area contributed by atoms with E-state index < -0.39 is 0 Å². The van der Waals surface area contributed by atoms with Crippen molar-refractivity contribution in [2.75, 3.05) is 0 Å². The molecule has 2 heterocycles. The third-order valence-corrected chi connectivity index (χ3v) is 4.28. The van der Waals surface area contributed by atoms with E-state index in [0.717, 1.165) is 10.7 Å². The van der Waals surface area contributed by atoms with Gasteiger partial charge in [-0.25, -0.2) is 14.1 Å². The van der Waals surface area contributed by atoms with Crippen molar-refractivity contribution in [2.45, 2.75) is 26.4 Å². The highest BCUT2D eigenvalue weighted by Crippen LogP contribution is 2.16. The molecule has 1 unspecified atom stereocenters. The van der Waals surface area contributed by atoms with E-state index in [9.17, 15) is 9.18 Å². The Kier molecular flexibility index (Phi) is 4.66. The van der Waals surface area contributed by atoms with E-state index in [1.165, 1.54) is 28.3 Å². The summed E-state index contributed by atoms with van der Waals surface area (Å²) in [5.41, 5.74) is 1.48. The van der Waals surface area contributed by atoms with Gasteiger partial charge in [-0.15, -0.1) is 16.4 Å². The van der Waals surface area contributed by atoms with Gasteiger partial charge in [0.05, 0.1) is 29.5 Å². The largest absolute Gasteiger partial charge is 0.342 e. The van der Waals surface area contributed by atoms with Crippen molar-refractivity contribution >= 4 is 17.2 Å². The zero-order valence-electron chi connectivity index (χ0n) is 13.2. The summed E-state index contributed by atoms with van der Waals surface area (Å²) >= 11 is 1.53. The second-order valence-corrected chi connectivity index (χ2v) is 6.44. The van der Waals surface area contributed by atoms with Crippen LogP contribution in [0.4, 0.5) is 4.39 Å². The number of thiazole rings is 1. The molecule has 124 valence electrons. The Morgan fingerprint density at radius 1 is 1.42 bits per heavy atom. The Morgan fingerprint density at radius 3 is 2.92 bits per heavy atom. The molecule has 0 fully saturated rings. The number of nitrogens with one attached hydrogen (secondary N) is 1. The number of halogens is 1. The van der Waals surface area contributed by atoms with Crippen LogP contribution < -0.4 is 5.32 Å². The number of carbonyl (C=O) groups is 1. The summed E-state index contributed by atoms with van der Waals surface area (Å²) in [5, 5.41) is 13.4. The van der Waals surface area contributed by atoms with Crippen molar-refractivity contribution < 1.29 is 9.18 Å². The summed E-state index contributed by atoms with van der Waals surface area (Å²) in [4.78, 5) is 16.6. The topological polar surface area (TPSA) is 72.7 Å². The molecule has 1 aromatic carbocycles. The summed E-state index contributed by atoms with van der Waals surface area (Å²) in [6, 6.07) is 6.21. The lowest BCUT2D eigenvalue weighted by Crippen LogP contribution is -2.27. The number of aromatic nitrogens is 4. The van der Waals surface area contributed by atoms with Gasteiger partial charge in [0.15, 0.2) is 5.69 Å². The Bertz CT molecular complexity index is 860. The van der Waals surface area contributed by atoms with Crippen LogP contribution in [0.25, 0.3) is 0 Å². The molecule has 0 aliphatic rings. The molecule has 0 radical (unpaired) electrons. The van der Waals surface area contributed by atoms with E-state index in [2.05, 4.69) is 20.6 Å². The molecule has 0 saturated heterocycles. The first-order chi connectivity index (χ1) is 11.5. The maximum atomic E-state index is 13.7. The maximum Gasteiger partial charge on any atom is 0.273 e. The highest BCUT2D eigenvalue weighted by molar-refractivity contribution is 7.09. The average molecular weight is 345 g/mol. The van der Waals surface area contributed by atoms with Gasteiger partial charge in [0.25, 0.3) is 5.91 Å². The third kappa shape index (κ3) is 3.65. The number of rotatable bonds is 5. The van der Waals surface area contributed by atoms with Gasteiger partial charge >= 0.3 is 0 Å². The van der Waals surface area contributed by atoms with Crippen molar-refractivity contribution in [2.24, 2.45) is 0 Å². The van der Waals surface area contributed by atoms with E-state index in [4.69, 9.17) is 0 Å². The molecule has 8 heteroatoms. The van der Waals surface area contributed by atoms with Crippen molar-refractivity contribution in [3.05, 3.63) is 63.6 Å². The van der Waals surface area contributed by atoms with Crippen LogP contribution >= 0.6 is 11.3 Å². The molecule has 2 aromatic heterocycles. The van der Waals surface area contributed by atoms with Gasteiger partial charge in [-0.3, -0.25) is 4.79 Å². The highest BCUT2D eigenvalue weighted by atomic mass is 32.1. The van der Waals surface area contributed by atoms with E-state index >= 15 is 0 Å². The van der Waals surface area contributed by atoms with Crippen molar-refractivity contribution in [1.82, 2.24) is 25.3 Å². The minimum Gasteiger partial charge on any atom is -0.342 e. The standard InChI is InChI=1S/C16H16FN5OS/c1-10(15-9-24-11(2)19-15)18-16(23)14-8-22(21-20-14)7-12-5-3-4-6-13(12)17/h3-6,8-10H,7H2,1-2H3,(H,18,23). The molecule has 1 atom stereocenters. The van der Waals surface area contributed by atoms with Crippen LogP contribution in [0.3, 0.4) is 0 Å². The average Bonchev–Trinajstić information content (AvgIpc) is 3.19. The van der Waals surface area contributed by atoms with Crippen molar-refractivity contribution in [3.63, 3.8) is 0 Å². The first kappa shape index (κ1) is 16.3. The molecule has 0 spiro atoms. The molecule has 3 aromatic rings. The van der Waals surface area contributed by atoms with Gasteiger partial charge in [0.1, 0.15) is 5.82 Å². The Labute approximate surface area is 142 Å². The molecule has 0 aliphatic heterocycles. The van der Waals surface area contributed by atoms with Crippen LogP contribution in [0.1, 0.15) is 39.7 Å². The summed E-state index contributed by atoms with van der Waals surface area (Å²) in [6.45, 7) is 3.99. The molecular weight excluding hydrogens is 329 g/mol. The fourth-order valence-corrected chi connectivity index (χ4v) is 2.91. The molecule has 1 N–H and O–H groups in total. The van der Waals surface area contributed by atoms with E-state index in [1.807, 2.05) is 19.2 Å². The minimum absolute atomic E-state index is 0.185. The molecule has 6 nitrogen and oxygen atoms in total. The number of hydrogen-bond donors (Lipinski definition) is 1. The number of hydrogen-bond acceptors (Lipinski definition) is 5. The van der Waals surface area contributed by atoms with Gasteiger partial charge in [-0.2, -0.15) is 0 Å². The predicted molar refractivity (Wildman–Crippen MR) is 88.3 cm³/mol. The van der Waals surface area contributed by atoms with Gasteiger partial charge in [0.2, 0.25) is 0 Å². The second kappa shape index (κ2) is 6.88. The lowest BCUT2D eigenvalue weighted by Gasteiger charge is -2.09. The Hall–Kier alpha value is -2.61.